The number of hydrogen-bond donors (Lipinski definition) is 3. The number of H-pyrrole nitrogens is 1. The number of nitrogens with one attached hydrogen (secondary N) is 3. The Bertz CT molecular complexity index is 644. The van der Waals surface area contributed by atoms with Gasteiger partial charge in [0.2, 0.25) is 0 Å². The Hall–Kier alpha value is -1.52. The normalized spacial score (nSPS) is 19.2. The maximum atomic E-state index is 12.4. The van der Waals surface area contributed by atoms with Crippen molar-refractivity contribution >= 4 is 28.4 Å². The summed E-state index contributed by atoms with van der Waals surface area (Å²) in [6.45, 7) is 3.83. The van der Waals surface area contributed by atoms with Gasteiger partial charge in [-0.1, -0.05) is 11.6 Å². The van der Waals surface area contributed by atoms with E-state index in [1.165, 1.54) is 0 Å². The Labute approximate surface area is 122 Å². The van der Waals surface area contributed by atoms with Crippen LogP contribution in [0.4, 0.5) is 0 Å². The minimum atomic E-state index is -0.0384. The summed E-state index contributed by atoms with van der Waals surface area (Å²) in [4.78, 5) is 15.6. The lowest BCUT2D eigenvalue weighted by atomic mass is 10.1. The highest BCUT2D eigenvalue weighted by Crippen LogP contribution is 2.25. The van der Waals surface area contributed by atoms with Crippen LogP contribution >= 0.6 is 11.6 Å². The molecule has 1 fully saturated rings. The molecule has 2 heterocycles. The van der Waals surface area contributed by atoms with Crippen molar-refractivity contribution in [2.45, 2.75) is 25.8 Å². The molecule has 0 bridgehead atoms. The number of amides is 1. The number of carbonyl (C=O) groups excluding carboxylic acids is 1. The number of benzene rings is 1. The van der Waals surface area contributed by atoms with Crippen LogP contribution in [0.15, 0.2) is 18.2 Å². The molecule has 2 aromatic rings. The van der Waals surface area contributed by atoms with Crippen LogP contribution in [0.1, 0.15) is 28.9 Å². The van der Waals surface area contributed by atoms with Crippen LogP contribution in [-0.4, -0.2) is 30.0 Å². The predicted octanol–water partition coefficient (Wildman–Crippen LogP) is 2.61. The van der Waals surface area contributed by atoms with Crippen molar-refractivity contribution in [3.8, 4) is 0 Å². The zero-order valence-corrected chi connectivity index (χ0v) is 12.2. The van der Waals surface area contributed by atoms with Crippen LogP contribution < -0.4 is 10.6 Å². The Morgan fingerprint density at radius 1 is 1.45 bits per heavy atom. The van der Waals surface area contributed by atoms with E-state index < -0.39 is 0 Å². The first kappa shape index (κ1) is 13.5. The first-order chi connectivity index (χ1) is 9.65. The number of carbonyl (C=O) groups is 1. The predicted molar refractivity (Wildman–Crippen MR) is 81.4 cm³/mol. The van der Waals surface area contributed by atoms with Crippen molar-refractivity contribution in [2.75, 3.05) is 13.1 Å². The third-order valence-corrected chi connectivity index (χ3v) is 4.11. The number of fused-ring (bicyclic) bond motifs is 1. The molecule has 0 spiro atoms. The van der Waals surface area contributed by atoms with Gasteiger partial charge in [0, 0.05) is 28.5 Å². The smallest absolute Gasteiger partial charge is 0.268 e. The fourth-order valence-corrected chi connectivity index (χ4v) is 2.93. The lowest BCUT2D eigenvalue weighted by Crippen LogP contribution is -2.45. The largest absolute Gasteiger partial charge is 0.350 e. The van der Waals surface area contributed by atoms with Crippen molar-refractivity contribution in [1.29, 1.82) is 0 Å². The van der Waals surface area contributed by atoms with Crippen LogP contribution in [0.3, 0.4) is 0 Å². The highest BCUT2D eigenvalue weighted by molar-refractivity contribution is 6.31. The zero-order valence-electron chi connectivity index (χ0n) is 11.4. The summed E-state index contributed by atoms with van der Waals surface area (Å²) in [6, 6.07) is 5.84. The van der Waals surface area contributed by atoms with Crippen molar-refractivity contribution in [3.05, 3.63) is 34.5 Å². The lowest BCUT2D eigenvalue weighted by molar-refractivity contribution is 0.0926. The third-order valence-electron chi connectivity index (χ3n) is 3.88. The molecule has 106 valence electrons. The summed E-state index contributed by atoms with van der Waals surface area (Å²) in [5, 5.41) is 8.07. The average molecular weight is 292 g/mol. The Morgan fingerprint density at radius 3 is 3.05 bits per heavy atom. The molecule has 3 N–H and O–H groups in total. The summed E-state index contributed by atoms with van der Waals surface area (Å²) >= 11 is 6.01. The minimum absolute atomic E-state index is 0.0384. The molecule has 0 radical (unpaired) electrons. The Kier molecular flexibility index (Phi) is 3.68. The molecule has 4 nitrogen and oxygen atoms in total. The number of halogens is 1. The van der Waals surface area contributed by atoms with E-state index >= 15 is 0 Å². The fourth-order valence-electron chi connectivity index (χ4n) is 2.76. The maximum absolute atomic E-state index is 12.4. The number of aryl methyl sites for hydroxylation is 1. The van der Waals surface area contributed by atoms with E-state index in [-0.39, 0.29) is 11.9 Å². The van der Waals surface area contributed by atoms with Gasteiger partial charge in [-0.3, -0.25) is 4.79 Å². The second-order valence-corrected chi connectivity index (χ2v) is 5.77. The van der Waals surface area contributed by atoms with E-state index in [9.17, 15) is 4.79 Å². The van der Waals surface area contributed by atoms with Crippen molar-refractivity contribution in [3.63, 3.8) is 0 Å². The van der Waals surface area contributed by atoms with Crippen molar-refractivity contribution in [2.24, 2.45) is 0 Å². The van der Waals surface area contributed by atoms with Crippen LogP contribution in [0.2, 0.25) is 5.02 Å². The minimum Gasteiger partial charge on any atom is -0.350 e. The van der Waals surface area contributed by atoms with Gasteiger partial charge in [-0.15, -0.1) is 0 Å². The SMILES string of the molecule is Cc1c(C(=O)NC2CCCNC2)[nH]c2ccc(Cl)cc12. The highest BCUT2D eigenvalue weighted by atomic mass is 35.5. The standard InChI is InChI=1S/C15H18ClN3O/c1-9-12-7-10(16)4-5-13(12)19-14(9)15(20)18-11-3-2-6-17-8-11/h4-5,7,11,17,19H,2-3,6,8H2,1H3,(H,18,20). The number of aromatic amines is 1. The molecule has 1 unspecified atom stereocenters. The first-order valence-corrected chi connectivity index (χ1v) is 7.32. The van der Waals surface area contributed by atoms with Crippen LogP contribution in [-0.2, 0) is 0 Å². The second kappa shape index (κ2) is 5.46. The molecule has 1 aromatic heterocycles. The molecular weight excluding hydrogens is 274 g/mol. The summed E-state index contributed by atoms with van der Waals surface area (Å²) < 4.78 is 0. The Balaban J connectivity index is 1.85. The highest BCUT2D eigenvalue weighted by Gasteiger charge is 2.19. The zero-order chi connectivity index (χ0) is 14.1. The number of piperidine rings is 1. The van der Waals surface area contributed by atoms with Gasteiger partial charge in [-0.2, -0.15) is 0 Å². The molecule has 0 saturated carbocycles. The average Bonchev–Trinajstić information content (AvgIpc) is 2.77. The molecular formula is C15H18ClN3O. The Morgan fingerprint density at radius 2 is 2.30 bits per heavy atom. The van der Waals surface area contributed by atoms with E-state index in [1.807, 2.05) is 25.1 Å². The first-order valence-electron chi connectivity index (χ1n) is 6.94. The van der Waals surface area contributed by atoms with Gasteiger partial charge >= 0.3 is 0 Å². The van der Waals surface area contributed by atoms with Crippen LogP contribution in [0.25, 0.3) is 10.9 Å². The molecule has 1 amide bonds. The van der Waals surface area contributed by atoms with E-state index in [0.717, 1.165) is 42.4 Å². The van der Waals surface area contributed by atoms with Gasteiger partial charge < -0.3 is 15.6 Å². The van der Waals surface area contributed by atoms with E-state index in [1.54, 1.807) is 0 Å². The quantitative estimate of drug-likeness (QED) is 0.797. The molecule has 3 rings (SSSR count). The van der Waals surface area contributed by atoms with Gasteiger partial charge in [0.25, 0.3) is 5.91 Å². The van der Waals surface area contributed by atoms with E-state index in [2.05, 4.69) is 15.6 Å². The third kappa shape index (κ3) is 2.53. The molecule has 0 aliphatic carbocycles. The fraction of sp³-hybridized carbons (Fsp3) is 0.400. The van der Waals surface area contributed by atoms with Crippen molar-refractivity contribution < 1.29 is 4.79 Å². The van der Waals surface area contributed by atoms with Crippen LogP contribution in [0, 0.1) is 6.92 Å². The molecule has 1 saturated heterocycles. The molecule has 1 aliphatic heterocycles. The van der Waals surface area contributed by atoms with Gasteiger partial charge in [0.1, 0.15) is 5.69 Å². The van der Waals surface area contributed by atoms with Crippen molar-refractivity contribution in [1.82, 2.24) is 15.6 Å². The number of aromatic nitrogens is 1. The molecule has 20 heavy (non-hydrogen) atoms. The van der Waals surface area contributed by atoms with E-state index in [4.69, 9.17) is 11.6 Å². The number of rotatable bonds is 2. The van der Waals surface area contributed by atoms with Crippen LogP contribution in [0.5, 0.6) is 0 Å². The monoisotopic (exact) mass is 291 g/mol. The van der Waals surface area contributed by atoms with Gasteiger partial charge in [0.05, 0.1) is 0 Å². The summed E-state index contributed by atoms with van der Waals surface area (Å²) in [5.74, 6) is -0.0384. The molecule has 1 atom stereocenters. The van der Waals surface area contributed by atoms with Gasteiger partial charge in [-0.25, -0.2) is 0 Å². The van der Waals surface area contributed by atoms with E-state index in [0.29, 0.717) is 10.7 Å². The van der Waals surface area contributed by atoms with Gasteiger partial charge in [-0.05, 0) is 50.1 Å². The lowest BCUT2D eigenvalue weighted by Gasteiger charge is -2.23. The number of hydrogen-bond acceptors (Lipinski definition) is 2. The molecule has 1 aromatic carbocycles. The summed E-state index contributed by atoms with van der Waals surface area (Å²) in [6.07, 6.45) is 2.14. The second-order valence-electron chi connectivity index (χ2n) is 5.33. The molecule has 1 aliphatic rings. The summed E-state index contributed by atoms with van der Waals surface area (Å²) in [5.41, 5.74) is 2.52. The summed E-state index contributed by atoms with van der Waals surface area (Å²) in [7, 11) is 0. The maximum Gasteiger partial charge on any atom is 0.268 e. The molecule has 5 heteroatoms. The topological polar surface area (TPSA) is 56.9 Å². The van der Waals surface area contributed by atoms with Gasteiger partial charge in [0.15, 0.2) is 0 Å².